The molecule has 0 aliphatic heterocycles. The van der Waals surface area contributed by atoms with Crippen LogP contribution < -0.4 is 10.1 Å². The molecule has 1 aromatic carbocycles. The molecule has 0 radical (unpaired) electrons. The lowest BCUT2D eigenvalue weighted by molar-refractivity contribution is -0.114. The van der Waals surface area contributed by atoms with Crippen LogP contribution in [0, 0.1) is 0 Å². The quantitative estimate of drug-likeness (QED) is 0.650. The summed E-state index contributed by atoms with van der Waals surface area (Å²) < 4.78 is 9.54. The van der Waals surface area contributed by atoms with E-state index in [-0.39, 0.29) is 17.5 Å². The number of carbonyl (C=O) groups is 2. The second kappa shape index (κ2) is 7.51. The minimum atomic E-state index is -0.880. The van der Waals surface area contributed by atoms with Gasteiger partial charge >= 0.3 is 6.16 Å². The van der Waals surface area contributed by atoms with Crippen LogP contribution in [0.3, 0.4) is 0 Å². The minimum Gasteiger partial charge on any atom is -0.437 e. The number of carbonyl (C=O) groups excluding carboxylic acids is 2. The summed E-state index contributed by atoms with van der Waals surface area (Å²) in [7, 11) is 1.21. The van der Waals surface area contributed by atoms with E-state index in [4.69, 9.17) is 4.74 Å². The van der Waals surface area contributed by atoms with Gasteiger partial charge in [-0.3, -0.25) is 9.89 Å². The number of nitrogens with zero attached hydrogens (tertiary/aromatic N) is 1. The number of methoxy groups -OCH3 is 1. The fourth-order valence-corrected chi connectivity index (χ4v) is 2.50. The number of anilines is 1. The molecule has 0 fully saturated rings. The summed E-state index contributed by atoms with van der Waals surface area (Å²) in [6.45, 7) is 1.35. The highest BCUT2D eigenvalue weighted by molar-refractivity contribution is 7.98. The summed E-state index contributed by atoms with van der Waals surface area (Å²) in [4.78, 5) is 22.5. The predicted octanol–water partition coefficient (Wildman–Crippen LogP) is 2.81. The summed E-state index contributed by atoms with van der Waals surface area (Å²) in [6.07, 6.45) is -0.880. The average molecular weight is 321 g/mol. The van der Waals surface area contributed by atoms with E-state index in [2.05, 4.69) is 20.3 Å². The molecule has 2 rings (SSSR count). The molecule has 0 bridgehead atoms. The van der Waals surface area contributed by atoms with Crippen LogP contribution in [0.2, 0.25) is 0 Å². The number of benzene rings is 1. The van der Waals surface area contributed by atoms with Gasteiger partial charge in [0.1, 0.15) is 0 Å². The topological polar surface area (TPSA) is 93.3 Å². The SMILES string of the molecule is COC(=O)Oc1c(SCc2ccccc2)n[nH]c1NC(C)=O. The molecule has 0 aliphatic carbocycles. The van der Waals surface area contributed by atoms with Crippen molar-refractivity contribution in [3.8, 4) is 5.75 Å². The lowest BCUT2D eigenvalue weighted by atomic mass is 10.2. The number of hydrogen-bond donors (Lipinski definition) is 2. The lowest BCUT2D eigenvalue weighted by Crippen LogP contribution is -2.11. The molecule has 0 spiro atoms. The third-order valence-corrected chi connectivity index (χ3v) is 3.59. The number of H-pyrrole nitrogens is 1. The number of nitrogens with one attached hydrogen (secondary N) is 2. The van der Waals surface area contributed by atoms with Gasteiger partial charge < -0.3 is 14.8 Å². The van der Waals surface area contributed by atoms with Gasteiger partial charge in [0.25, 0.3) is 0 Å². The highest BCUT2D eigenvalue weighted by atomic mass is 32.2. The fraction of sp³-hybridized carbons (Fsp3) is 0.214. The standard InChI is InChI=1S/C14H15N3O4S/c1-9(18)15-12-11(21-14(19)20-2)13(17-16-12)22-8-10-6-4-3-5-7-10/h3-7H,8H2,1-2H3,(H2,15,16,17,18). The fourth-order valence-electron chi connectivity index (χ4n) is 1.62. The Morgan fingerprint density at radius 1 is 1.32 bits per heavy atom. The van der Waals surface area contributed by atoms with Crippen molar-refractivity contribution in [3.05, 3.63) is 35.9 Å². The van der Waals surface area contributed by atoms with Crippen molar-refractivity contribution in [3.63, 3.8) is 0 Å². The first-order valence-corrected chi connectivity index (χ1v) is 7.37. The second-order valence-electron chi connectivity index (χ2n) is 4.24. The van der Waals surface area contributed by atoms with Crippen LogP contribution >= 0.6 is 11.8 Å². The third-order valence-electron chi connectivity index (χ3n) is 2.56. The van der Waals surface area contributed by atoms with Crippen molar-refractivity contribution >= 4 is 29.6 Å². The Morgan fingerprint density at radius 3 is 2.68 bits per heavy atom. The molecule has 1 aromatic heterocycles. The van der Waals surface area contributed by atoms with Crippen molar-refractivity contribution in [1.29, 1.82) is 0 Å². The molecule has 22 heavy (non-hydrogen) atoms. The summed E-state index contributed by atoms with van der Waals surface area (Å²) in [5, 5.41) is 9.67. The van der Waals surface area contributed by atoms with E-state index in [1.54, 1.807) is 0 Å². The Bertz CT molecular complexity index is 657. The zero-order valence-corrected chi connectivity index (χ0v) is 12.9. The zero-order valence-electron chi connectivity index (χ0n) is 12.1. The lowest BCUT2D eigenvalue weighted by Gasteiger charge is -2.06. The van der Waals surface area contributed by atoms with Crippen LogP contribution in [0.1, 0.15) is 12.5 Å². The Labute approximate surface area is 131 Å². The van der Waals surface area contributed by atoms with Crippen LogP contribution in [0.25, 0.3) is 0 Å². The summed E-state index contributed by atoms with van der Waals surface area (Å²) >= 11 is 1.37. The molecule has 0 atom stereocenters. The van der Waals surface area contributed by atoms with Gasteiger partial charge in [0.05, 0.1) is 7.11 Å². The van der Waals surface area contributed by atoms with Crippen LogP contribution in [0.5, 0.6) is 5.75 Å². The molecule has 0 saturated carbocycles. The Morgan fingerprint density at radius 2 is 2.05 bits per heavy atom. The molecule has 0 unspecified atom stereocenters. The number of amides is 1. The maximum atomic E-state index is 11.3. The normalized spacial score (nSPS) is 10.1. The number of ether oxygens (including phenoxy) is 2. The zero-order chi connectivity index (χ0) is 15.9. The van der Waals surface area contributed by atoms with E-state index in [9.17, 15) is 9.59 Å². The van der Waals surface area contributed by atoms with Crippen LogP contribution in [0.4, 0.5) is 10.6 Å². The van der Waals surface area contributed by atoms with Crippen molar-refractivity contribution < 1.29 is 19.1 Å². The molecule has 0 saturated heterocycles. The van der Waals surface area contributed by atoms with Crippen LogP contribution in [-0.4, -0.2) is 29.4 Å². The van der Waals surface area contributed by atoms with E-state index in [0.717, 1.165) is 5.56 Å². The number of hydrogen-bond acceptors (Lipinski definition) is 6. The van der Waals surface area contributed by atoms with Gasteiger partial charge in [0.15, 0.2) is 10.8 Å². The van der Waals surface area contributed by atoms with E-state index in [0.29, 0.717) is 10.8 Å². The molecular formula is C14H15N3O4S. The van der Waals surface area contributed by atoms with E-state index in [1.165, 1.54) is 25.8 Å². The first-order valence-electron chi connectivity index (χ1n) is 6.38. The maximum absolute atomic E-state index is 11.3. The van der Waals surface area contributed by atoms with Gasteiger partial charge in [-0.05, 0) is 5.56 Å². The number of aromatic amines is 1. The molecule has 0 aliphatic rings. The molecule has 116 valence electrons. The monoisotopic (exact) mass is 321 g/mol. The number of rotatable bonds is 5. The van der Waals surface area contributed by atoms with Gasteiger partial charge in [-0.1, -0.05) is 42.1 Å². The first kappa shape index (κ1) is 15.9. The van der Waals surface area contributed by atoms with Gasteiger partial charge in [-0.25, -0.2) is 4.79 Å². The molecular weight excluding hydrogens is 306 g/mol. The van der Waals surface area contributed by atoms with Crippen LogP contribution in [-0.2, 0) is 15.3 Å². The largest absolute Gasteiger partial charge is 0.513 e. The Kier molecular flexibility index (Phi) is 5.42. The van der Waals surface area contributed by atoms with Crippen molar-refractivity contribution in [2.24, 2.45) is 0 Å². The third kappa shape index (κ3) is 4.26. The highest BCUT2D eigenvalue weighted by Gasteiger charge is 2.20. The molecule has 1 heterocycles. The predicted molar refractivity (Wildman–Crippen MR) is 81.9 cm³/mol. The summed E-state index contributed by atoms with van der Waals surface area (Å²) in [6, 6.07) is 9.78. The first-order chi connectivity index (χ1) is 10.6. The van der Waals surface area contributed by atoms with Crippen LogP contribution in [0.15, 0.2) is 35.4 Å². The number of aromatic nitrogens is 2. The smallest absolute Gasteiger partial charge is 0.437 e. The van der Waals surface area contributed by atoms with Gasteiger partial charge in [-0.2, -0.15) is 5.10 Å². The van der Waals surface area contributed by atoms with E-state index in [1.807, 2.05) is 30.3 Å². The molecule has 2 aromatic rings. The van der Waals surface area contributed by atoms with Crippen molar-refractivity contribution in [2.75, 3.05) is 12.4 Å². The summed E-state index contributed by atoms with van der Waals surface area (Å²) in [5.41, 5.74) is 1.10. The molecule has 8 heteroatoms. The van der Waals surface area contributed by atoms with E-state index >= 15 is 0 Å². The van der Waals surface area contributed by atoms with Crippen molar-refractivity contribution in [1.82, 2.24) is 10.2 Å². The summed E-state index contributed by atoms with van der Waals surface area (Å²) in [5.74, 6) is 0.692. The number of thioether (sulfide) groups is 1. The van der Waals surface area contributed by atoms with E-state index < -0.39 is 6.16 Å². The van der Waals surface area contributed by atoms with Gasteiger partial charge in [0, 0.05) is 12.7 Å². The molecule has 1 amide bonds. The Balaban J connectivity index is 2.16. The minimum absolute atomic E-state index is 0.142. The molecule has 7 nitrogen and oxygen atoms in total. The average Bonchev–Trinajstić information content (AvgIpc) is 2.87. The maximum Gasteiger partial charge on any atom is 0.513 e. The van der Waals surface area contributed by atoms with Gasteiger partial charge in [-0.15, -0.1) is 0 Å². The Hall–Kier alpha value is -2.48. The second-order valence-corrected chi connectivity index (χ2v) is 5.21. The molecule has 2 N–H and O–H groups in total. The van der Waals surface area contributed by atoms with Crippen molar-refractivity contribution in [2.45, 2.75) is 17.7 Å². The highest BCUT2D eigenvalue weighted by Crippen LogP contribution is 2.35. The van der Waals surface area contributed by atoms with Gasteiger partial charge in [0.2, 0.25) is 11.7 Å².